The molecule has 0 radical (unpaired) electrons. The van der Waals surface area contributed by atoms with Gasteiger partial charge in [-0.3, -0.25) is 0 Å². The van der Waals surface area contributed by atoms with Crippen LogP contribution in [0.3, 0.4) is 0 Å². The minimum absolute atomic E-state index is 0.399. The van der Waals surface area contributed by atoms with Crippen molar-refractivity contribution in [1.82, 2.24) is 20.4 Å². The lowest BCUT2D eigenvalue weighted by atomic mass is 10.2. The summed E-state index contributed by atoms with van der Waals surface area (Å²) in [5.41, 5.74) is 1.18. The van der Waals surface area contributed by atoms with Crippen molar-refractivity contribution in [2.75, 3.05) is 53.4 Å². The monoisotopic (exact) mass is 419 g/mol. The first kappa shape index (κ1) is 26.2. The second kappa shape index (κ2) is 16.0. The van der Waals surface area contributed by atoms with Gasteiger partial charge in [0.05, 0.1) is 13.2 Å². The van der Waals surface area contributed by atoms with Crippen LogP contribution in [0, 0.1) is 0 Å². The van der Waals surface area contributed by atoms with Gasteiger partial charge >= 0.3 is 0 Å². The third kappa shape index (κ3) is 12.0. The van der Waals surface area contributed by atoms with Crippen molar-refractivity contribution < 1.29 is 4.74 Å². The predicted molar refractivity (Wildman–Crippen MR) is 130 cm³/mol. The van der Waals surface area contributed by atoms with Crippen molar-refractivity contribution in [1.29, 1.82) is 0 Å². The molecule has 0 heterocycles. The van der Waals surface area contributed by atoms with E-state index in [-0.39, 0.29) is 0 Å². The molecule has 0 amide bonds. The van der Waals surface area contributed by atoms with Gasteiger partial charge in [-0.2, -0.15) is 0 Å². The standard InChI is InChI=1S/C24H45N5O/c1-7-25-24(27-21(4)12-10-18-29(8-2)9-3)26-20-22-13-15-23(16-14-22)30-19-11-17-28(5)6/h13-16,21H,7-12,17-20H2,1-6H3,(H2,25,26,27). The molecule has 1 aromatic rings. The van der Waals surface area contributed by atoms with Crippen LogP contribution in [0.25, 0.3) is 0 Å². The van der Waals surface area contributed by atoms with Crippen LogP contribution in [0.4, 0.5) is 0 Å². The lowest BCUT2D eigenvalue weighted by Crippen LogP contribution is -2.42. The molecule has 1 atom stereocenters. The topological polar surface area (TPSA) is 52.1 Å². The van der Waals surface area contributed by atoms with Crippen molar-refractivity contribution >= 4 is 5.96 Å². The maximum atomic E-state index is 5.81. The average Bonchev–Trinajstić information content (AvgIpc) is 2.73. The number of ether oxygens (including phenoxy) is 1. The summed E-state index contributed by atoms with van der Waals surface area (Å²) in [6.45, 7) is 15.5. The van der Waals surface area contributed by atoms with Crippen LogP contribution >= 0.6 is 0 Å². The van der Waals surface area contributed by atoms with E-state index in [0.29, 0.717) is 12.6 Å². The van der Waals surface area contributed by atoms with E-state index in [0.717, 1.165) is 63.9 Å². The van der Waals surface area contributed by atoms with E-state index >= 15 is 0 Å². The molecule has 2 N–H and O–H groups in total. The fourth-order valence-electron chi connectivity index (χ4n) is 3.22. The highest BCUT2D eigenvalue weighted by atomic mass is 16.5. The van der Waals surface area contributed by atoms with E-state index in [1.807, 2.05) is 12.1 Å². The molecular weight excluding hydrogens is 374 g/mol. The van der Waals surface area contributed by atoms with Gasteiger partial charge < -0.3 is 25.2 Å². The molecule has 0 saturated carbocycles. The van der Waals surface area contributed by atoms with Crippen LogP contribution in [0.2, 0.25) is 0 Å². The minimum Gasteiger partial charge on any atom is -0.494 e. The van der Waals surface area contributed by atoms with Crippen LogP contribution in [-0.2, 0) is 6.54 Å². The normalized spacial score (nSPS) is 13.0. The highest BCUT2D eigenvalue weighted by Crippen LogP contribution is 2.13. The molecule has 0 aliphatic heterocycles. The van der Waals surface area contributed by atoms with E-state index in [4.69, 9.17) is 9.73 Å². The van der Waals surface area contributed by atoms with Crippen molar-refractivity contribution in [2.45, 2.75) is 59.5 Å². The minimum atomic E-state index is 0.399. The number of hydrogen-bond donors (Lipinski definition) is 2. The zero-order chi connectivity index (χ0) is 22.2. The Kier molecular flexibility index (Phi) is 14.0. The highest BCUT2D eigenvalue weighted by Gasteiger charge is 2.07. The van der Waals surface area contributed by atoms with E-state index < -0.39 is 0 Å². The Bertz CT molecular complexity index is 569. The summed E-state index contributed by atoms with van der Waals surface area (Å²) in [4.78, 5) is 9.41. The number of hydrogen-bond acceptors (Lipinski definition) is 4. The van der Waals surface area contributed by atoms with Gasteiger partial charge in [0.2, 0.25) is 0 Å². The molecule has 1 unspecified atom stereocenters. The summed E-state index contributed by atoms with van der Waals surface area (Å²) >= 11 is 0. The molecular formula is C24H45N5O. The third-order valence-corrected chi connectivity index (χ3v) is 5.09. The largest absolute Gasteiger partial charge is 0.494 e. The molecule has 172 valence electrons. The Morgan fingerprint density at radius 3 is 2.33 bits per heavy atom. The SMILES string of the molecule is CCNC(=NCc1ccc(OCCCN(C)C)cc1)NC(C)CCCN(CC)CC. The number of nitrogens with zero attached hydrogens (tertiary/aromatic N) is 3. The first-order valence-electron chi connectivity index (χ1n) is 11.6. The van der Waals surface area contributed by atoms with Gasteiger partial charge in [-0.05, 0) is 84.5 Å². The molecule has 0 aromatic heterocycles. The maximum absolute atomic E-state index is 5.81. The van der Waals surface area contributed by atoms with Gasteiger partial charge in [-0.25, -0.2) is 4.99 Å². The van der Waals surface area contributed by atoms with E-state index in [1.165, 1.54) is 12.0 Å². The van der Waals surface area contributed by atoms with Gasteiger partial charge in [0, 0.05) is 19.1 Å². The molecule has 1 aromatic carbocycles. The molecule has 0 fully saturated rings. The Morgan fingerprint density at radius 2 is 1.73 bits per heavy atom. The lowest BCUT2D eigenvalue weighted by Gasteiger charge is -2.21. The van der Waals surface area contributed by atoms with Crippen molar-refractivity contribution in [3.05, 3.63) is 29.8 Å². The highest BCUT2D eigenvalue weighted by molar-refractivity contribution is 5.80. The van der Waals surface area contributed by atoms with Gasteiger partial charge in [-0.15, -0.1) is 0 Å². The number of aliphatic imine (C=N–C) groups is 1. The fourth-order valence-corrected chi connectivity index (χ4v) is 3.22. The molecule has 0 aliphatic rings. The van der Waals surface area contributed by atoms with E-state index in [1.54, 1.807) is 0 Å². The van der Waals surface area contributed by atoms with Crippen molar-refractivity contribution in [3.8, 4) is 5.75 Å². The number of rotatable bonds is 15. The van der Waals surface area contributed by atoms with Crippen LogP contribution in [-0.4, -0.2) is 75.2 Å². The first-order valence-corrected chi connectivity index (χ1v) is 11.6. The smallest absolute Gasteiger partial charge is 0.191 e. The quantitative estimate of drug-likeness (QED) is 0.259. The molecule has 1 rings (SSSR count). The number of nitrogens with one attached hydrogen (secondary N) is 2. The van der Waals surface area contributed by atoms with Gasteiger partial charge in [0.15, 0.2) is 5.96 Å². The average molecular weight is 420 g/mol. The summed E-state index contributed by atoms with van der Waals surface area (Å²) in [6.07, 6.45) is 3.37. The third-order valence-electron chi connectivity index (χ3n) is 5.09. The number of guanidine groups is 1. The summed E-state index contributed by atoms with van der Waals surface area (Å²) in [7, 11) is 4.16. The molecule has 0 aliphatic carbocycles. The van der Waals surface area contributed by atoms with Gasteiger partial charge in [0.1, 0.15) is 5.75 Å². The second-order valence-corrected chi connectivity index (χ2v) is 8.06. The molecule has 6 heteroatoms. The second-order valence-electron chi connectivity index (χ2n) is 8.06. The maximum Gasteiger partial charge on any atom is 0.191 e. The van der Waals surface area contributed by atoms with Crippen LogP contribution in [0.15, 0.2) is 29.3 Å². The fraction of sp³-hybridized carbons (Fsp3) is 0.708. The summed E-state index contributed by atoms with van der Waals surface area (Å²) in [5, 5.41) is 6.90. The van der Waals surface area contributed by atoms with E-state index in [2.05, 4.69) is 74.4 Å². The summed E-state index contributed by atoms with van der Waals surface area (Å²) in [6, 6.07) is 8.67. The Hall–Kier alpha value is -1.79. The first-order chi connectivity index (χ1) is 14.5. The molecule has 0 bridgehead atoms. The lowest BCUT2D eigenvalue weighted by molar-refractivity contribution is 0.281. The molecule has 0 spiro atoms. The zero-order valence-electron chi connectivity index (χ0n) is 20.2. The van der Waals surface area contributed by atoms with Gasteiger partial charge in [-0.1, -0.05) is 26.0 Å². The van der Waals surface area contributed by atoms with E-state index in [9.17, 15) is 0 Å². The van der Waals surface area contributed by atoms with Crippen LogP contribution < -0.4 is 15.4 Å². The van der Waals surface area contributed by atoms with Crippen LogP contribution in [0.1, 0.15) is 52.5 Å². The Balaban J connectivity index is 2.45. The Labute approximate surface area is 185 Å². The van der Waals surface area contributed by atoms with Gasteiger partial charge in [0.25, 0.3) is 0 Å². The number of benzene rings is 1. The van der Waals surface area contributed by atoms with Crippen molar-refractivity contribution in [2.24, 2.45) is 4.99 Å². The predicted octanol–water partition coefficient (Wildman–Crippen LogP) is 3.58. The van der Waals surface area contributed by atoms with Crippen molar-refractivity contribution in [3.63, 3.8) is 0 Å². The summed E-state index contributed by atoms with van der Waals surface area (Å²) < 4.78 is 5.81. The van der Waals surface area contributed by atoms with Crippen LogP contribution in [0.5, 0.6) is 5.75 Å². The molecule has 6 nitrogen and oxygen atoms in total. The Morgan fingerprint density at radius 1 is 1.03 bits per heavy atom. The summed E-state index contributed by atoms with van der Waals surface area (Å²) in [5.74, 6) is 1.81. The molecule has 30 heavy (non-hydrogen) atoms. The molecule has 0 saturated heterocycles. The zero-order valence-corrected chi connectivity index (χ0v) is 20.2.